The van der Waals surface area contributed by atoms with Crippen molar-refractivity contribution in [2.75, 3.05) is 26.2 Å². The minimum absolute atomic E-state index is 0.00993. The summed E-state index contributed by atoms with van der Waals surface area (Å²) in [5, 5.41) is 0. The third-order valence-electron chi connectivity index (χ3n) is 5.08. The normalized spacial score (nSPS) is 15.4. The van der Waals surface area contributed by atoms with Crippen molar-refractivity contribution < 1.29 is 18.0 Å². The number of benzene rings is 1. The Labute approximate surface area is 176 Å². The van der Waals surface area contributed by atoms with Crippen molar-refractivity contribution in [1.29, 1.82) is 0 Å². The van der Waals surface area contributed by atoms with Crippen LogP contribution in [0.1, 0.15) is 38.5 Å². The quantitative estimate of drug-likeness (QED) is 0.628. The van der Waals surface area contributed by atoms with Crippen LogP contribution in [-0.4, -0.2) is 55.5 Å². The number of hydrogen-bond donors (Lipinski definition) is 0. The first-order chi connectivity index (χ1) is 13.8. The fourth-order valence-electron chi connectivity index (χ4n) is 3.51. The van der Waals surface area contributed by atoms with Crippen molar-refractivity contribution in [2.24, 2.45) is 0 Å². The number of carbonyl (C=O) groups excluding carboxylic acids is 2. The van der Waals surface area contributed by atoms with Crippen molar-refractivity contribution in [3.05, 3.63) is 57.3 Å². The van der Waals surface area contributed by atoms with E-state index in [9.17, 15) is 18.0 Å². The van der Waals surface area contributed by atoms with Crippen molar-refractivity contribution >= 4 is 33.1 Å². The predicted molar refractivity (Wildman–Crippen MR) is 115 cm³/mol. The molecule has 1 fully saturated rings. The highest BCUT2D eigenvalue weighted by molar-refractivity contribution is 7.88. The molecule has 29 heavy (non-hydrogen) atoms. The summed E-state index contributed by atoms with van der Waals surface area (Å²) in [6.45, 7) is 5.18. The maximum atomic E-state index is 12.6. The molecule has 1 aliphatic rings. The summed E-state index contributed by atoms with van der Waals surface area (Å²) in [6, 6.07) is 11.0. The van der Waals surface area contributed by atoms with Crippen LogP contribution in [0.25, 0.3) is 0 Å². The van der Waals surface area contributed by atoms with Gasteiger partial charge in [0.2, 0.25) is 15.9 Å². The summed E-state index contributed by atoms with van der Waals surface area (Å²) in [7, 11) is -3.41. The highest BCUT2D eigenvalue weighted by Gasteiger charge is 2.29. The van der Waals surface area contributed by atoms with Gasteiger partial charge in [-0.15, -0.1) is 11.3 Å². The molecule has 0 saturated carbocycles. The molecule has 1 saturated heterocycles. The van der Waals surface area contributed by atoms with E-state index in [1.54, 1.807) is 28.4 Å². The van der Waals surface area contributed by atoms with E-state index in [-0.39, 0.29) is 43.4 Å². The van der Waals surface area contributed by atoms with E-state index in [2.05, 4.69) is 0 Å². The van der Waals surface area contributed by atoms with Gasteiger partial charge in [0.1, 0.15) is 0 Å². The lowest BCUT2D eigenvalue weighted by molar-refractivity contribution is -0.132. The van der Waals surface area contributed by atoms with Crippen molar-refractivity contribution in [3.8, 4) is 0 Å². The first-order valence-corrected chi connectivity index (χ1v) is 12.1. The van der Waals surface area contributed by atoms with Crippen LogP contribution < -0.4 is 0 Å². The molecule has 0 unspecified atom stereocenters. The topological polar surface area (TPSA) is 74.8 Å². The van der Waals surface area contributed by atoms with Gasteiger partial charge < -0.3 is 4.90 Å². The van der Waals surface area contributed by atoms with Crippen LogP contribution >= 0.6 is 11.3 Å². The maximum absolute atomic E-state index is 12.6. The summed E-state index contributed by atoms with van der Waals surface area (Å²) < 4.78 is 26.7. The van der Waals surface area contributed by atoms with Gasteiger partial charge in [0, 0.05) is 54.3 Å². The molecular formula is C21H26N2O4S2. The van der Waals surface area contributed by atoms with Gasteiger partial charge in [-0.1, -0.05) is 30.3 Å². The molecule has 2 heterocycles. The zero-order valence-electron chi connectivity index (χ0n) is 16.8. The molecule has 0 aliphatic carbocycles. The number of carbonyl (C=O) groups is 2. The Morgan fingerprint density at radius 2 is 1.66 bits per heavy atom. The Hall–Kier alpha value is -2.03. The third-order valence-corrected chi connectivity index (χ3v) is 7.90. The molecular weight excluding hydrogens is 408 g/mol. The van der Waals surface area contributed by atoms with Crippen molar-refractivity contribution in [2.45, 2.75) is 32.4 Å². The highest BCUT2D eigenvalue weighted by Crippen LogP contribution is 2.22. The maximum Gasteiger partial charge on any atom is 0.223 e. The van der Waals surface area contributed by atoms with Crippen molar-refractivity contribution in [1.82, 2.24) is 9.21 Å². The van der Waals surface area contributed by atoms with Crippen LogP contribution in [0, 0.1) is 13.8 Å². The van der Waals surface area contributed by atoms with Gasteiger partial charge in [-0.05, 0) is 25.5 Å². The standard InChI is InChI=1S/C21H26N2O4S2/c1-16-14-19(17(2)28-16)20(24)8-9-21(25)22-10-12-23(13-11-22)29(26,27)15-18-6-4-3-5-7-18/h3-7,14H,8-13,15H2,1-2H3. The Balaban J connectivity index is 1.49. The SMILES string of the molecule is Cc1cc(C(=O)CCC(=O)N2CCN(S(=O)(=O)Cc3ccccc3)CC2)c(C)s1. The number of amides is 1. The molecule has 0 atom stereocenters. The summed E-state index contributed by atoms with van der Waals surface area (Å²) in [6.07, 6.45) is 0.340. The van der Waals surface area contributed by atoms with E-state index in [1.165, 1.54) is 4.31 Å². The average Bonchev–Trinajstić information content (AvgIpc) is 3.04. The number of ketones is 1. The molecule has 1 aromatic heterocycles. The number of piperazine rings is 1. The molecule has 156 valence electrons. The zero-order valence-corrected chi connectivity index (χ0v) is 18.4. The predicted octanol–water partition coefficient (Wildman–Crippen LogP) is 3.00. The number of hydrogen-bond acceptors (Lipinski definition) is 5. The van der Waals surface area contributed by atoms with Gasteiger partial charge in [0.25, 0.3) is 0 Å². The first-order valence-electron chi connectivity index (χ1n) is 9.66. The van der Waals surface area contributed by atoms with Crippen LogP contribution in [-0.2, 0) is 20.6 Å². The second-order valence-electron chi connectivity index (χ2n) is 7.27. The number of sulfonamides is 1. The van der Waals surface area contributed by atoms with E-state index < -0.39 is 10.0 Å². The fraction of sp³-hybridized carbons (Fsp3) is 0.429. The van der Waals surface area contributed by atoms with Crippen LogP contribution in [0.4, 0.5) is 0 Å². The lowest BCUT2D eigenvalue weighted by Gasteiger charge is -2.34. The smallest absolute Gasteiger partial charge is 0.223 e. The highest BCUT2D eigenvalue weighted by atomic mass is 32.2. The molecule has 6 nitrogen and oxygen atoms in total. The van der Waals surface area contributed by atoms with Crippen LogP contribution in [0.15, 0.2) is 36.4 Å². The third kappa shape index (κ3) is 5.52. The van der Waals surface area contributed by atoms with Gasteiger partial charge in [0.05, 0.1) is 5.75 Å². The Morgan fingerprint density at radius 3 is 2.24 bits per heavy atom. The molecule has 3 rings (SSSR count). The molecule has 0 N–H and O–H groups in total. The molecule has 2 aromatic rings. The molecule has 0 bridgehead atoms. The van der Waals surface area contributed by atoms with Crippen LogP contribution in [0.2, 0.25) is 0 Å². The van der Waals surface area contributed by atoms with Gasteiger partial charge in [-0.25, -0.2) is 8.42 Å². The Kier molecular flexibility index (Phi) is 6.87. The number of nitrogens with zero attached hydrogens (tertiary/aromatic N) is 2. The lowest BCUT2D eigenvalue weighted by atomic mass is 10.1. The van der Waals surface area contributed by atoms with Crippen LogP contribution in [0.5, 0.6) is 0 Å². The van der Waals surface area contributed by atoms with Gasteiger partial charge >= 0.3 is 0 Å². The Bertz CT molecular complexity index is 975. The van der Waals surface area contributed by atoms with Crippen molar-refractivity contribution in [3.63, 3.8) is 0 Å². The molecule has 1 aromatic carbocycles. The van der Waals surface area contributed by atoms with E-state index >= 15 is 0 Å². The molecule has 0 radical (unpaired) electrons. The summed E-state index contributed by atoms with van der Waals surface area (Å²) in [5.74, 6) is -0.136. The van der Waals surface area contributed by atoms with Gasteiger partial charge in [-0.3, -0.25) is 9.59 Å². The van der Waals surface area contributed by atoms with Gasteiger partial charge in [0.15, 0.2) is 5.78 Å². The number of aryl methyl sites for hydroxylation is 2. The van der Waals surface area contributed by atoms with Gasteiger partial charge in [-0.2, -0.15) is 4.31 Å². The fourth-order valence-corrected chi connectivity index (χ4v) is 5.97. The van der Waals surface area contributed by atoms with E-state index in [0.717, 1.165) is 15.3 Å². The lowest BCUT2D eigenvalue weighted by Crippen LogP contribution is -2.50. The second-order valence-corrected chi connectivity index (χ2v) is 10.7. The Morgan fingerprint density at radius 1 is 1.00 bits per heavy atom. The molecule has 1 aliphatic heterocycles. The zero-order chi connectivity index (χ0) is 21.0. The van der Waals surface area contributed by atoms with Crippen LogP contribution in [0.3, 0.4) is 0 Å². The summed E-state index contributed by atoms with van der Waals surface area (Å²) in [4.78, 5) is 28.6. The first kappa shape index (κ1) is 21.7. The minimum Gasteiger partial charge on any atom is -0.340 e. The van der Waals surface area contributed by atoms with E-state index in [0.29, 0.717) is 18.7 Å². The molecule has 0 spiro atoms. The minimum atomic E-state index is -3.41. The number of rotatable bonds is 7. The van der Waals surface area contributed by atoms with E-state index in [1.807, 2.05) is 38.1 Å². The largest absolute Gasteiger partial charge is 0.340 e. The summed E-state index contributed by atoms with van der Waals surface area (Å²) in [5.41, 5.74) is 1.46. The summed E-state index contributed by atoms with van der Waals surface area (Å²) >= 11 is 1.58. The van der Waals surface area contributed by atoms with E-state index in [4.69, 9.17) is 0 Å². The number of thiophene rings is 1. The molecule has 1 amide bonds. The average molecular weight is 435 g/mol. The number of Topliss-reactive ketones (excluding diaryl/α,β-unsaturated/α-hetero) is 1. The molecule has 8 heteroatoms. The monoisotopic (exact) mass is 434 g/mol. The second kappa shape index (κ2) is 9.19.